The molecule has 0 bridgehead atoms. The summed E-state index contributed by atoms with van der Waals surface area (Å²) in [7, 11) is -2.30. The lowest BCUT2D eigenvalue weighted by Gasteiger charge is -2.14. The summed E-state index contributed by atoms with van der Waals surface area (Å²) < 4.78 is 37.1. The number of hydrogen-bond acceptors (Lipinski definition) is 6. The number of hydrogen-bond donors (Lipinski definition) is 1. The number of carbonyl (C=O) groups excluding carboxylic acids is 1. The van der Waals surface area contributed by atoms with Gasteiger partial charge in [-0.3, -0.25) is 4.79 Å². The van der Waals surface area contributed by atoms with Crippen LogP contribution in [0.3, 0.4) is 0 Å². The van der Waals surface area contributed by atoms with Crippen molar-refractivity contribution in [3.63, 3.8) is 0 Å². The Morgan fingerprint density at radius 2 is 1.75 bits per heavy atom. The van der Waals surface area contributed by atoms with Gasteiger partial charge in [-0.15, -0.1) is 0 Å². The topological polar surface area (TPSA) is 95.7 Å². The van der Waals surface area contributed by atoms with E-state index in [9.17, 15) is 13.2 Å². The maximum atomic E-state index is 13.4. The van der Waals surface area contributed by atoms with Crippen molar-refractivity contribution in [1.82, 2.24) is 0 Å². The summed E-state index contributed by atoms with van der Waals surface area (Å²) in [6.45, 7) is 1.68. The molecule has 1 saturated carbocycles. The Balaban J connectivity index is 2.09. The predicted molar refractivity (Wildman–Crippen MR) is 106 cm³/mol. The monoisotopic (exact) mass is 423 g/mol. The summed E-state index contributed by atoms with van der Waals surface area (Å²) in [5, 5.41) is -0.587. The fraction of sp³-hybridized carbons (Fsp3) is 0.350. The number of carbonyl (C=O) groups is 1. The second-order valence-electron chi connectivity index (χ2n) is 6.64. The Labute approximate surface area is 169 Å². The van der Waals surface area contributed by atoms with Gasteiger partial charge in [0.05, 0.1) is 23.9 Å². The van der Waals surface area contributed by atoms with Crippen LogP contribution >= 0.6 is 11.6 Å². The lowest BCUT2D eigenvalue weighted by molar-refractivity contribution is -0.149. The van der Waals surface area contributed by atoms with Crippen LogP contribution in [0.25, 0.3) is 0 Å². The first-order valence-electron chi connectivity index (χ1n) is 8.83. The third kappa shape index (κ3) is 3.27. The summed E-state index contributed by atoms with van der Waals surface area (Å²) in [5.41, 5.74) is 5.33. The Bertz CT molecular complexity index is 959. The van der Waals surface area contributed by atoms with Crippen LogP contribution in [0.4, 0.5) is 0 Å². The maximum absolute atomic E-state index is 13.4. The van der Waals surface area contributed by atoms with Gasteiger partial charge >= 0.3 is 5.97 Å². The lowest BCUT2D eigenvalue weighted by Crippen LogP contribution is -2.33. The molecular formula is C20H22ClNO5S. The number of halogens is 1. The molecule has 2 aromatic carbocycles. The SMILES string of the molecule is CCOC(=O)[C@@]1(CN)[C@@H](c2ccc(OC)cc2)[C@@H]1S(=O)(=O)c1ccc(Cl)cc1. The Hall–Kier alpha value is -2.09. The second-order valence-corrected chi connectivity index (χ2v) is 9.14. The average Bonchev–Trinajstić information content (AvgIpc) is 3.40. The molecule has 0 unspecified atom stereocenters. The number of nitrogens with two attached hydrogens (primary N) is 1. The average molecular weight is 424 g/mol. The normalized spacial score (nSPS) is 23.9. The van der Waals surface area contributed by atoms with E-state index in [-0.39, 0.29) is 18.0 Å². The lowest BCUT2D eigenvalue weighted by atomic mass is 9.99. The van der Waals surface area contributed by atoms with Gasteiger partial charge < -0.3 is 15.2 Å². The quantitative estimate of drug-likeness (QED) is 0.688. The van der Waals surface area contributed by atoms with Gasteiger partial charge in [0.25, 0.3) is 0 Å². The molecule has 0 radical (unpaired) electrons. The summed E-state index contributed by atoms with van der Waals surface area (Å²) in [5.74, 6) is -0.569. The van der Waals surface area contributed by atoms with E-state index in [1.165, 1.54) is 24.3 Å². The highest BCUT2D eigenvalue weighted by Crippen LogP contribution is 2.64. The van der Waals surface area contributed by atoms with E-state index in [2.05, 4.69) is 0 Å². The van der Waals surface area contributed by atoms with E-state index >= 15 is 0 Å². The van der Waals surface area contributed by atoms with Gasteiger partial charge in [-0.1, -0.05) is 23.7 Å². The molecule has 0 amide bonds. The molecule has 1 aliphatic rings. The van der Waals surface area contributed by atoms with Crippen LogP contribution in [-0.4, -0.2) is 39.9 Å². The standard InChI is InChI=1S/C20H22ClNO5S/c1-3-27-19(23)20(12-22)17(13-4-8-15(26-2)9-5-13)18(20)28(24,25)16-10-6-14(21)7-11-16/h4-11,17-18H,3,12,22H2,1-2H3/t17-,18-,20-/m0/s1. The molecule has 0 aliphatic heterocycles. The largest absolute Gasteiger partial charge is 0.497 e. The van der Waals surface area contributed by atoms with E-state index in [4.69, 9.17) is 26.8 Å². The molecule has 3 atom stereocenters. The summed E-state index contributed by atoms with van der Waals surface area (Å²) in [4.78, 5) is 12.9. The van der Waals surface area contributed by atoms with Crippen molar-refractivity contribution in [2.75, 3.05) is 20.3 Å². The predicted octanol–water partition coefficient (Wildman–Crippen LogP) is 2.80. The van der Waals surface area contributed by atoms with Crippen molar-refractivity contribution in [3.8, 4) is 5.75 Å². The molecule has 3 rings (SSSR count). The molecule has 28 heavy (non-hydrogen) atoms. The zero-order valence-electron chi connectivity index (χ0n) is 15.6. The molecule has 150 valence electrons. The van der Waals surface area contributed by atoms with Crippen LogP contribution in [0.1, 0.15) is 18.4 Å². The van der Waals surface area contributed by atoms with E-state index in [1.54, 1.807) is 38.3 Å². The smallest absolute Gasteiger partial charge is 0.315 e. The van der Waals surface area contributed by atoms with Crippen LogP contribution in [-0.2, 0) is 19.4 Å². The molecule has 0 saturated heterocycles. The van der Waals surface area contributed by atoms with Crippen molar-refractivity contribution < 1.29 is 22.7 Å². The highest BCUT2D eigenvalue weighted by atomic mass is 35.5. The third-order valence-electron chi connectivity index (χ3n) is 5.20. The Kier molecular flexibility index (Phi) is 5.70. The van der Waals surface area contributed by atoms with Crippen molar-refractivity contribution in [2.45, 2.75) is 23.0 Å². The first-order valence-corrected chi connectivity index (χ1v) is 10.8. The van der Waals surface area contributed by atoms with Gasteiger partial charge in [0, 0.05) is 17.5 Å². The third-order valence-corrected chi connectivity index (χ3v) is 7.74. The van der Waals surface area contributed by atoms with Gasteiger partial charge in [-0.2, -0.15) is 0 Å². The maximum Gasteiger partial charge on any atom is 0.315 e. The van der Waals surface area contributed by atoms with Gasteiger partial charge in [0.1, 0.15) is 11.2 Å². The molecule has 6 nitrogen and oxygen atoms in total. The molecular weight excluding hydrogens is 402 g/mol. The van der Waals surface area contributed by atoms with Crippen LogP contribution in [0.5, 0.6) is 5.75 Å². The zero-order chi connectivity index (χ0) is 20.5. The highest BCUT2D eigenvalue weighted by Gasteiger charge is 2.75. The van der Waals surface area contributed by atoms with E-state index < -0.39 is 32.4 Å². The molecule has 1 aliphatic carbocycles. The highest BCUT2D eigenvalue weighted by molar-refractivity contribution is 7.92. The minimum absolute atomic E-state index is 0.0973. The number of benzene rings is 2. The Morgan fingerprint density at radius 1 is 1.14 bits per heavy atom. The molecule has 2 aromatic rings. The summed E-state index contributed by atoms with van der Waals surface area (Å²) in [6, 6.07) is 12.9. The molecule has 8 heteroatoms. The summed E-state index contributed by atoms with van der Waals surface area (Å²) in [6.07, 6.45) is 0. The van der Waals surface area contributed by atoms with Crippen LogP contribution < -0.4 is 10.5 Å². The molecule has 0 heterocycles. The number of rotatable bonds is 7. The fourth-order valence-electron chi connectivity index (χ4n) is 3.75. The van der Waals surface area contributed by atoms with Gasteiger partial charge in [-0.05, 0) is 48.9 Å². The number of ether oxygens (including phenoxy) is 2. The van der Waals surface area contributed by atoms with Crippen molar-refractivity contribution in [2.24, 2.45) is 11.1 Å². The van der Waals surface area contributed by atoms with Crippen LogP contribution in [0, 0.1) is 5.41 Å². The van der Waals surface area contributed by atoms with Gasteiger partial charge in [0.15, 0.2) is 9.84 Å². The number of esters is 1. The minimum atomic E-state index is -3.85. The van der Waals surface area contributed by atoms with Gasteiger partial charge in [0.2, 0.25) is 0 Å². The van der Waals surface area contributed by atoms with E-state index in [0.717, 1.165) is 0 Å². The fourth-order valence-corrected chi connectivity index (χ4v) is 6.26. The van der Waals surface area contributed by atoms with Crippen molar-refractivity contribution in [3.05, 3.63) is 59.1 Å². The van der Waals surface area contributed by atoms with Crippen molar-refractivity contribution in [1.29, 1.82) is 0 Å². The van der Waals surface area contributed by atoms with Crippen LogP contribution in [0.2, 0.25) is 5.02 Å². The van der Waals surface area contributed by atoms with E-state index in [0.29, 0.717) is 16.3 Å². The number of methoxy groups -OCH3 is 1. The number of sulfone groups is 1. The molecule has 0 aromatic heterocycles. The molecule has 0 spiro atoms. The van der Waals surface area contributed by atoms with E-state index in [1.807, 2.05) is 0 Å². The second kappa shape index (κ2) is 7.73. The molecule has 2 N–H and O–H groups in total. The van der Waals surface area contributed by atoms with Gasteiger partial charge in [-0.25, -0.2) is 8.42 Å². The first kappa shape index (κ1) is 20.6. The minimum Gasteiger partial charge on any atom is -0.497 e. The molecule has 1 fully saturated rings. The summed E-state index contributed by atoms with van der Waals surface area (Å²) >= 11 is 5.88. The Morgan fingerprint density at radius 3 is 2.25 bits per heavy atom. The first-order chi connectivity index (χ1) is 13.3. The zero-order valence-corrected chi connectivity index (χ0v) is 17.2. The van der Waals surface area contributed by atoms with Crippen molar-refractivity contribution >= 4 is 27.4 Å². The van der Waals surface area contributed by atoms with Crippen LogP contribution in [0.15, 0.2) is 53.4 Å².